The van der Waals surface area contributed by atoms with Gasteiger partial charge in [-0.2, -0.15) is 4.91 Å². The summed E-state index contributed by atoms with van der Waals surface area (Å²) in [5.41, 5.74) is 2.21. The summed E-state index contributed by atoms with van der Waals surface area (Å²) in [6.45, 7) is 1.23. The Bertz CT molecular complexity index is 1110. The van der Waals surface area contributed by atoms with Crippen molar-refractivity contribution in [1.82, 2.24) is 9.55 Å². The summed E-state index contributed by atoms with van der Waals surface area (Å²) in [6, 6.07) is 6.70. The Labute approximate surface area is 176 Å². The summed E-state index contributed by atoms with van der Waals surface area (Å²) >= 11 is 12.9. The average Bonchev–Trinajstić information content (AvgIpc) is 2.69. The first-order valence-corrected chi connectivity index (χ1v) is 9.70. The van der Waals surface area contributed by atoms with Crippen LogP contribution in [0.25, 0.3) is 16.6 Å². The number of hydrogen-bond acceptors (Lipinski definition) is 6. The van der Waals surface area contributed by atoms with E-state index in [4.69, 9.17) is 28.3 Å². The van der Waals surface area contributed by atoms with Gasteiger partial charge < -0.3 is 14.8 Å². The van der Waals surface area contributed by atoms with Crippen molar-refractivity contribution in [2.24, 2.45) is 5.18 Å². The topological polar surface area (TPSA) is 105 Å². The van der Waals surface area contributed by atoms with Gasteiger partial charge in [0.15, 0.2) is 5.43 Å². The highest BCUT2D eigenvalue weighted by molar-refractivity contribution is 6.35. The van der Waals surface area contributed by atoms with Crippen LogP contribution < -0.4 is 5.43 Å². The summed E-state index contributed by atoms with van der Waals surface area (Å²) in [5, 5.41) is 22.6. The maximum atomic E-state index is 12.9. The minimum absolute atomic E-state index is 0.218. The van der Waals surface area contributed by atoms with Crippen LogP contribution in [-0.4, -0.2) is 32.5 Å². The van der Waals surface area contributed by atoms with Gasteiger partial charge in [-0.1, -0.05) is 40.5 Å². The lowest BCUT2D eigenvalue weighted by atomic mass is 10.1. The molecule has 0 bridgehead atoms. The predicted molar refractivity (Wildman–Crippen MR) is 113 cm³/mol. The molecule has 1 atom stereocenters. The molecule has 0 radical (unpaired) electrons. The molecule has 0 saturated heterocycles. The summed E-state index contributed by atoms with van der Waals surface area (Å²) in [7, 11) is 0. The van der Waals surface area contributed by atoms with Crippen LogP contribution in [0.2, 0.25) is 10.0 Å². The van der Waals surface area contributed by atoms with Gasteiger partial charge in [0.2, 0.25) is 0 Å². The van der Waals surface area contributed by atoms with Gasteiger partial charge in [0, 0.05) is 12.3 Å². The minimum atomic E-state index is -0.922. The van der Waals surface area contributed by atoms with Crippen molar-refractivity contribution in [1.29, 1.82) is 0 Å². The second kappa shape index (κ2) is 9.00. The molecule has 152 valence electrons. The fraction of sp³-hybridized carbons (Fsp3) is 0.300. The Morgan fingerprint density at radius 1 is 1.28 bits per heavy atom. The molecule has 0 aliphatic heterocycles. The highest BCUT2D eigenvalue weighted by Gasteiger charge is 2.20. The molecule has 7 nitrogen and oxygen atoms in total. The lowest BCUT2D eigenvalue weighted by Crippen LogP contribution is -2.18. The first-order chi connectivity index (χ1) is 13.9. The second-order valence-electron chi connectivity index (χ2n) is 6.68. The third-order valence-electron chi connectivity index (χ3n) is 4.70. The van der Waals surface area contributed by atoms with E-state index in [0.29, 0.717) is 27.6 Å². The number of aliphatic hydroxyl groups excluding tert-OH is 2. The van der Waals surface area contributed by atoms with Gasteiger partial charge in [-0.3, -0.25) is 9.78 Å². The quantitative estimate of drug-likeness (QED) is 0.552. The van der Waals surface area contributed by atoms with E-state index in [9.17, 15) is 14.8 Å². The van der Waals surface area contributed by atoms with Crippen LogP contribution in [0.1, 0.15) is 23.4 Å². The highest BCUT2D eigenvalue weighted by Crippen LogP contribution is 2.32. The Morgan fingerprint density at radius 2 is 2.03 bits per heavy atom. The molecule has 0 fully saturated rings. The van der Waals surface area contributed by atoms with E-state index in [0.717, 1.165) is 5.56 Å². The number of nitrogens with zero attached hydrogens (tertiary/aromatic N) is 3. The fourth-order valence-corrected chi connectivity index (χ4v) is 3.89. The van der Waals surface area contributed by atoms with Crippen LogP contribution in [0.5, 0.6) is 0 Å². The smallest absolute Gasteiger partial charge is 0.191 e. The molecule has 1 aromatic carbocycles. The zero-order chi connectivity index (χ0) is 21.1. The fourth-order valence-electron chi connectivity index (χ4n) is 3.35. The minimum Gasteiger partial charge on any atom is -0.394 e. The van der Waals surface area contributed by atoms with E-state index in [1.54, 1.807) is 16.7 Å². The Morgan fingerprint density at radius 3 is 2.69 bits per heavy atom. The number of pyridine rings is 2. The number of hydrogen-bond donors (Lipinski definition) is 2. The average molecular weight is 436 g/mol. The summed E-state index contributed by atoms with van der Waals surface area (Å²) < 4.78 is 1.67. The first-order valence-electron chi connectivity index (χ1n) is 8.94. The summed E-state index contributed by atoms with van der Waals surface area (Å²) in [5.74, 6) is 0. The molecule has 3 aromatic rings. The molecule has 2 aromatic heterocycles. The maximum Gasteiger partial charge on any atom is 0.191 e. The number of fused-ring (bicyclic) bond motifs is 1. The van der Waals surface area contributed by atoms with Crippen molar-refractivity contribution in [2.75, 3.05) is 6.61 Å². The number of halogens is 2. The lowest BCUT2D eigenvalue weighted by Gasteiger charge is -2.20. The zero-order valence-corrected chi connectivity index (χ0v) is 17.1. The van der Waals surface area contributed by atoms with E-state index in [1.165, 1.54) is 12.3 Å². The maximum absolute atomic E-state index is 12.9. The standard InChI is InChI=1S/C20H19Cl2N3O4/c1-11-3-2-4-14(21)19(11)25-12(8-24-29)7-17(28)18-16(6-5-13(27)10-26)23-9-15(22)20(18)25/h2-4,7,9,13,26-27H,5-6,8,10H2,1H3. The Kier molecular flexibility index (Phi) is 6.64. The molecule has 9 heteroatoms. The van der Waals surface area contributed by atoms with Crippen molar-refractivity contribution < 1.29 is 10.2 Å². The normalized spacial score (nSPS) is 12.3. The summed E-state index contributed by atoms with van der Waals surface area (Å²) in [4.78, 5) is 28.2. The van der Waals surface area contributed by atoms with Gasteiger partial charge in [0.05, 0.1) is 50.7 Å². The number of para-hydroxylation sites is 1. The molecule has 2 N–H and O–H groups in total. The van der Waals surface area contributed by atoms with Crippen LogP contribution in [0.3, 0.4) is 0 Å². The van der Waals surface area contributed by atoms with Gasteiger partial charge in [0.25, 0.3) is 0 Å². The van der Waals surface area contributed by atoms with E-state index in [-0.39, 0.29) is 41.8 Å². The molecule has 0 saturated carbocycles. The monoisotopic (exact) mass is 435 g/mol. The molecular weight excluding hydrogens is 417 g/mol. The predicted octanol–water partition coefficient (Wildman–Crippen LogP) is 3.55. The van der Waals surface area contributed by atoms with Gasteiger partial charge in [0.1, 0.15) is 6.54 Å². The lowest BCUT2D eigenvalue weighted by molar-refractivity contribution is 0.0884. The Hall–Kier alpha value is -2.32. The molecule has 2 heterocycles. The molecule has 1 unspecified atom stereocenters. The number of aliphatic hydroxyl groups is 2. The van der Waals surface area contributed by atoms with E-state index in [2.05, 4.69) is 10.2 Å². The molecule has 0 aliphatic rings. The third kappa shape index (κ3) is 4.18. The first kappa shape index (κ1) is 21.4. The number of rotatable bonds is 7. The molecular formula is C20H19Cl2N3O4. The van der Waals surface area contributed by atoms with E-state index >= 15 is 0 Å². The number of aromatic nitrogens is 2. The van der Waals surface area contributed by atoms with Crippen LogP contribution in [0.15, 0.2) is 40.4 Å². The van der Waals surface area contributed by atoms with Crippen molar-refractivity contribution in [3.63, 3.8) is 0 Å². The molecule has 0 spiro atoms. The zero-order valence-electron chi connectivity index (χ0n) is 15.6. The number of aryl methyl sites for hydroxylation is 2. The molecule has 29 heavy (non-hydrogen) atoms. The molecule has 0 amide bonds. The number of benzene rings is 1. The highest BCUT2D eigenvalue weighted by atomic mass is 35.5. The van der Waals surface area contributed by atoms with Crippen LogP contribution in [0, 0.1) is 11.8 Å². The van der Waals surface area contributed by atoms with E-state index in [1.807, 2.05) is 13.0 Å². The number of nitroso groups, excluding NO2 is 1. The van der Waals surface area contributed by atoms with Gasteiger partial charge in [-0.25, -0.2) is 0 Å². The van der Waals surface area contributed by atoms with Gasteiger partial charge in [-0.15, -0.1) is 0 Å². The van der Waals surface area contributed by atoms with Crippen LogP contribution >= 0.6 is 23.2 Å². The van der Waals surface area contributed by atoms with Gasteiger partial charge >= 0.3 is 0 Å². The van der Waals surface area contributed by atoms with Crippen LogP contribution in [0.4, 0.5) is 0 Å². The summed E-state index contributed by atoms with van der Waals surface area (Å²) in [6.07, 6.45) is 0.985. The van der Waals surface area contributed by atoms with Crippen molar-refractivity contribution in [2.45, 2.75) is 32.4 Å². The van der Waals surface area contributed by atoms with Gasteiger partial charge in [-0.05, 0) is 31.4 Å². The van der Waals surface area contributed by atoms with Crippen LogP contribution in [-0.2, 0) is 13.0 Å². The Balaban J connectivity index is 2.40. The third-order valence-corrected chi connectivity index (χ3v) is 5.29. The second-order valence-corrected chi connectivity index (χ2v) is 7.49. The van der Waals surface area contributed by atoms with Crippen molar-refractivity contribution in [3.8, 4) is 5.69 Å². The molecule has 3 rings (SSSR count). The van der Waals surface area contributed by atoms with E-state index < -0.39 is 6.10 Å². The molecule has 0 aliphatic carbocycles. The van der Waals surface area contributed by atoms with Crippen molar-refractivity contribution in [3.05, 3.63) is 72.6 Å². The largest absolute Gasteiger partial charge is 0.394 e. The van der Waals surface area contributed by atoms with Crippen molar-refractivity contribution >= 4 is 34.1 Å². The SMILES string of the molecule is Cc1cccc(Cl)c1-n1c(CN=O)cc(=O)c2c(CCC(O)CO)ncc(Cl)c21.